The molecule has 0 saturated carbocycles. The van der Waals surface area contributed by atoms with Crippen molar-refractivity contribution < 1.29 is 8.42 Å². The van der Waals surface area contributed by atoms with Gasteiger partial charge in [0.15, 0.2) is 9.84 Å². The Kier molecular flexibility index (Phi) is 3.12. The maximum Gasteiger partial charge on any atom is 0.150 e. The largest absolute Gasteiger partial charge is 0.315 e. The van der Waals surface area contributed by atoms with Crippen molar-refractivity contribution in [1.82, 2.24) is 5.32 Å². The van der Waals surface area contributed by atoms with Gasteiger partial charge in [0.25, 0.3) is 0 Å². The molecule has 0 aliphatic carbocycles. The van der Waals surface area contributed by atoms with Gasteiger partial charge in [-0.3, -0.25) is 0 Å². The van der Waals surface area contributed by atoms with Crippen molar-refractivity contribution in [3.8, 4) is 0 Å². The average Bonchev–Trinajstić information content (AvgIpc) is 1.82. The van der Waals surface area contributed by atoms with E-state index in [4.69, 9.17) is 0 Å². The predicted molar refractivity (Wildman–Crippen MR) is 49.9 cm³/mol. The molecule has 0 atom stereocenters. The fraction of sp³-hybridized carbons (Fsp3) is 1.00. The molecule has 1 aliphatic rings. The van der Waals surface area contributed by atoms with E-state index in [1.165, 1.54) is 0 Å². The zero-order valence-electron chi connectivity index (χ0n) is 7.71. The summed E-state index contributed by atoms with van der Waals surface area (Å²) < 4.78 is 21.5. The normalized spacial score (nSPS) is 22.6. The highest BCUT2D eigenvalue weighted by Gasteiger charge is 2.32. The van der Waals surface area contributed by atoms with Gasteiger partial charge in [0.1, 0.15) is 0 Å². The van der Waals surface area contributed by atoms with Gasteiger partial charge >= 0.3 is 0 Å². The Labute approximate surface area is 74.5 Å². The van der Waals surface area contributed by atoms with Crippen molar-refractivity contribution in [2.75, 3.05) is 18.1 Å². The second kappa shape index (κ2) is 3.75. The van der Waals surface area contributed by atoms with Crippen LogP contribution < -0.4 is 5.32 Å². The van der Waals surface area contributed by atoms with Gasteiger partial charge in [-0.15, -0.1) is 0 Å². The Morgan fingerprint density at radius 1 is 1.42 bits per heavy atom. The van der Waals surface area contributed by atoms with E-state index in [0.717, 1.165) is 13.0 Å². The lowest BCUT2D eigenvalue weighted by molar-refractivity contribution is 0.467. The Hall–Kier alpha value is -0.0900. The lowest BCUT2D eigenvalue weighted by Crippen LogP contribution is -2.38. The SMILES string of the molecule is CC(C)NCCC1CS(=O)(=O)C1. The molecule has 1 saturated heterocycles. The van der Waals surface area contributed by atoms with Crippen LogP contribution in [0.25, 0.3) is 0 Å². The van der Waals surface area contributed by atoms with Gasteiger partial charge in [-0.1, -0.05) is 13.8 Å². The molecule has 72 valence electrons. The molecule has 0 spiro atoms. The molecule has 3 nitrogen and oxygen atoms in total. The summed E-state index contributed by atoms with van der Waals surface area (Å²) in [5, 5.41) is 3.28. The monoisotopic (exact) mass is 191 g/mol. The first-order valence-electron chi connectivity index (χ1n) is 4.43. The minimum absolute atomic E-state index is 0.409. The van der Waals surface area contributed by atoms with Crippen molar-refractivity contribution in [1.29, 1.82) is 0 Å². The predicted octanol–water partition coefficient (Wildman–Crippen LogP) is 0.419. The van der Waals surface area contributed by atoms with Gasteiger partial charge in [-0.25, -0.2) is 8.42 Å². The summed E-state index contributed by atoms with van der Waals surface area (Å²) in [5.41, 5.74) is 0. The average molecular weight is 191 g/mol. The van der Waals surface area contributed by atoms with Crippen LogP contribution in [0.4, 0.5) is 0 Å². The van der Waals surface area contributed by atoms with Crippen molar-refractivity contribution in [2.45, 2.75) is 26.3 Å². The summed E-state index contributed by atoms with van der Waals surface area (Å²) >= 11 is 0. The molecular formula is C8H17NO2S. The highest BCUT2D eigenvalue weighted by molar-refractivity contribution is 7.92. The van der Waals surface area contributed by atoms with E-state index in [1.807, 2.05) is 0 Å². The number of nitrogens with one attached hydrogen (secondary N) is 1. The van der Waals surface area contributed by atoms with E-state index in [2.05, 4.69) is 19.2 Å². The first-order valence-corrected chi connectivity index (χ1v) is 6.25. The summed E-state index contributed by atoms with van der Waals surface area (Å²) in [6.45, 7) is 5.13. The fourth-order valence-corrected chi connectivity index (χ4v) is 3.08. The van der Waals surface area contributed by atoms with Crippen LogP contribution in [0.1, 0.15) is 20.3 Å². The third-order valence-corrected chi connectivity index (χ3v) is 4.04. The minimum Gasteiger partial charge on any atom is -0.315 e. The van der Waals surface area contributed by atoms with Crippen LogP contribution in [0.2, 0.25) is 0 Å². The highest BCUT2D eigenvalue weighted by Crippen LogP contribution is 2.20. The number of sulfone groups is 1. The Balaban J connectivity index is 2.05. The minimum atomic E-state index is -2.61. The first-order chi connectivity index (χ1) is 5.49. The van der Waals surface area contributed by atoms with E-state index >= 15 is 0 Å². The van der Waals surface area contributed by atoms with Gasteiger partial charge < -0.3 is 5.32 Å². The van der Waals surface area contributed by atoms with Gasteiger partial charge in [0, 0.05) is 6.04 Å². The molecule has 12 heavy (non-hydrogen) atoms. The van der Waals surface area contributed by atoms with E-state index in [9.17, 15) is 8.42 Å². The fourth-order valence-electron chi connectivity index (χ4n) is 1.41. The maximum absolute atomic E-state index is 10.8. The molecule has 0 bridgehead atoms. The van der Waals surface area contributed by atoms with Crippen molar-refractivity contribution >= 4 is 9.84 Å². The van der Waals surface area contributed by atoms with Crippen molar-refractivity contribution in [2.24, 2.45) is 5.92 Å². The standard InChI is InChI=1S/C8H17NO2S/c1-7(2)9-4-3-8-5-12(10,11)6-8/h7-9H,3-6H2,1-2H3. The van der Waals surface area contributed by atoms with Crippen LogP contribution in [0, 0.1) is 5.92 Å². The summed E-state index contributed by atoms with van der Waals surface area (Å²) in [7, 11) is -2.61. The van der Waals surface area contributed by atoms with Gasteiger partial charge in [-0.05, 0) is 18.9 Å². The number of hydrogen-bond acceptors (Lipinski definition) is 3. The van der Waals surface area contributed by atoms with Gasteiger partial charge in [-0.2, -0.15) is 0 Å². The number of hydrogen-bond donors (Lipinski definition) is 1. The first kappa shape index (κ1) is 9.99. The van der Waals surface area contributed by atoms with Crippen molar-refractivity contribution in [3.05, 3.63) is 0 Å². The Bertz CT molecular complexity index is 221. The van der Waals surface area contributed by atoms with E-state index in [1.54, 1.807) is 0 Å². The summed E-state index contributed by atoms with van der Waals surface area (Å²) in [5.74, 6) is 1.24. The van der Waals surface area contributed by atoms with Crippen LogP contribution in [0.5, 0.6) is 0 Å². The lowest BCUT2D eigenvalue weighted by Gasteiger charge is -2.25. The van der Waals surface area contributed by atoms with Crippen LogP contribution in [0.3, 0.4) is 0 Å². The van der Waals surface area contributed by atoms with E-state index < -0.39 is 9.84 Å². The third kappa shape index (κ3) is 3.11. The topological polar surface area (TPSA) is 46.2 Å². The molecule has 0 unspecified atom stereocenters. The summed E-state index contributed by atoms with van der Waals surface area (Å²) in [4.78, 5) is 0. The van der Waals surface area contributed by atoms with E-state index in [0.29, 0.717) is 23.5 Å². The molecule has 0 aromatic carbocycles. The number of rotatable bonds is 4. The van der Waals surface area contributed by atoms with Crippen LogP contribution in [-0.4, -0.2) is 32.5 Å². The lowest BCUT2D eigenvalue weighted by atomic mass is 10.1. The van der Waals surface area contributed by atoms with E-state index in [-0.39, 0.29) is 0 Å². The van der Waals surface area contributed by atoms with Crippen LogP contribution >= 0.6 is 0 Å². The summed E-state index contributed by atoms with van der Waals surface area (Å²) in [6, 6.07) is 0.502. The van der Waals surface area contributed by atoms with Gasteiger partial charge in [0.05, 0.1) is 11.5 Å². The Morgan fingerprint density at radius 2 is 2.00 bits per heavy atom. The second-order valence-electron chi connectivity index (χ2n) is 3.84. The molecule has 1 heterocycles. The maximum atomic E-state index is 10.8. The molecule has 1 fully saturated rings. The third-order valence-electron chi connectivity index (χ3n) is 2.08. The molecule has 0 aromatic heterocycles. The second-order valence-corrected chi connectivity index (χ2v) is 5.99. The summed E-state index contributed by atoms with van der Waals surface area (Å²) in [6.07, 6.45) is 0.997. The zero-order valence-corrected chi connectivity index (χ0v) is 8.52. The molecular weight excluding hydrogens is 174 g/mol. The quantitative estimate of drug-likeness (QED) is 0.700. The van der Waals surface area contributed by atoms with Crippen molar-refractivity contribution in [3.63, 3.8) is 0 Å². The van der Waals surface area contributed by atoms with Gasteiger partial charge in [0.2, 0.25) is 0 Å². The smallest absolute Gasteiger partial charge is 0.150 e. The Morgan fingerprint density at radius 3 is 2.42 bits per heavy atom. The molecule has 0 aromatic rings. The highest BCUT2D eigenvalue weighted by atomic mass is 32.2. The molecule has 0 radical (unpaired) electrons. The zero-order chi connectivity index (χ0) is 9.19. The van der Waals surface area contributed by atoms with Crippen LogP contribution in [-0.2, 0) is 9.84 Å². The molecule has 0 amide bonds. The molecule has 4 heteroatoms. The molecule has 1 aliphatic heterocycles. The van der Waals surface area contributed by atoms with Crippen LogP contribution in [0.15, 0.2) is 0 Å². The molecule has 1 N–H and O–H groups in total. The molecule has 1 rings (SSSR count).